The molecule has 0 aliphatic carbocycles. The summed E-state index contributed by atoms with van der Waals surface area (Å²) in [4.78, 5) is 7.90. The zero-order chi connectivity index (χ0) is 13.4. The van der Waals surface area contributed by atoms with Gasteiger partial charge >= 0.3 is 0 Å². The Morgan fingerprint density at radius 1 is 1.00 bits per heavy atom. The molecule has 4 rings (SSSR count). The van der Waals surface area contributed by atoms with E-state index in [0.29, 0.717) is 0 Å². The number of aromatic amines is 1. The maximum absolute atomic E-state index is 5.49. The summed E-state index contributed by atoms with van der Waals surface area (Å²) in [6, 6.07) is 15.0. The first-order chi connectivity index (χ1) is 9.92. The van der Waals surface area contributed by atoms with Crippen LogP contribution in [0.3, 0.4) is 0 Å². The van der Waals surface area contributed by atoms with Gasteiger partial charge in [0.2, 0.25) is 0 Å². The first-order valence-corrected chi connectivity index (χ1v) is 7.06. The largest absolute Gasteiger partial charge is 0.479 e. The summed E-state index contributed by atoms with van der Waals surface area (Å²) in [5.41, 5.74) is 3.77. The number of nitrogens with zero attached hydrogens (tertiary/aromatic N) is 1. The summed E-state index contributed by atoms with van der Waals surface area (Å²) in [5.74, 6) is 0.901. The Kier molecular flexibility index (Phi) is 2.69. The van der Waals surface area contributed by atoms with Gasteiger partial charge in [0, 0.05) is 28.2 Å². The minimum atomic E-state index is 0.742. The normalized spacial score (nSPS) is 14.7. The van der Waals surface area contributed by atoms with Crippen LogP contribution >= 0.6 is 0 Å². The number of aromatic nitrogens is 1. The van der Waals surface area contributed by atoms with Gasteiger partial charge in [0.15, 0.2) is 5.90 Å². The molecular formula is C17H16N2O. The van der Waals surface area contributed by atoms with Crippen molar-refractivity contribution >= 4 is 27.7 Å². The number of para-hydroxylation sites is 2. The summed E-state index contributed by atoms with van der Waals surface area (Å²) in [6.07, 6.45) is 1.84. The third kappa shape index (κ3) is 1.86. The number of benzene rings is 2. The van der Waals surface area contributed by atoms with E-state index in [1.54, 1.807) is 0 Å². The van der Waals surface area contributed by atoms with Crippen molar-refractivity contribution in [1.29, 1.82) is 0 Å². The van der Waals surface area contributed by atoms with Gasteiger partial charge in [0.1, 0.15) is 6.61 Å². The molecule has 0 atom stereocenters. The fraction of sp³-hybridized carbons (Fsp3) is 0.235. The van der Waals surface area contributed by atoms with Crippen molar-refractivity contribution in [3.63, 3.8) is 0 Å². The molecule has 0 saturated heterocycles. The quantitative estimate of drug-likeness (QED) is 0.769. The molecule has 100 valence electrons. The van der Waals surface area contributed by atoms with Gasteiger partial charge in [-0.15, -0.1) is 0 Å². The predicted molar refractivity (Wildman–Crippen MR) is 82.4 cm³/mol. The Morgan fingerprint density at radius 2 is 1.90 bits per heavy atom. The molecule has 1 aliphatic rings. The summed E-state index contributed by atoms with van der Waals surface area (Å²) < 4.78 is 5.49. The van der Waals surface area contributed by atoms with Crippen LogP contribution < -0.4 is 0 Å². The lowest BCUT2D eigenvalue weighted by molar-refractivity contribution is 0.338. The number of nitrogens with one attached hydrogen (secondary N) is 1. The van der Waals surface area contributed by atoms with Gasteiger partial charge in [-0.25, -0.2) is 0 Å². The van der Waals surface area contributed by atoms with E-state index < -0.39 is 0 Å². The van der Waals surface area contributed by atoms with Crippen LogP contribution in [0.4, 0.5) is 0 Å². The molecule has 2 heterocycles. The molecule has 20 heavy (non-hydrogen) atoms. The smallest absolute Gasteiger partial charge is 0.183 e. The molecule has 0 amide bonds. The van der Waals surface area contributed by atoms with E-state index in [0.717, 1.165) is 31.9 Å². The van der Waals surface area contributed by atoms with E-state index in [1.807, 2.05) is 0 Å². The predicted octanol–water partition coefficient (Wildman–Crippen LogP) is 3.68. The second kappa shape index (κ2) is 4.67. The van der Waals surface area contributed by atoms with Gasteiger partial charge in [0.25, 0.3) is 0 Å². The fourth-order valence-corrected chi connectivity index (χ4v) is 2.91. The Labute approximate surface area is 117 Å². The number of aliphatic imine (C=N–C) groups is 1. The monoisotopic (exact) mass is 264 g/mol. The molecule has 3 aromatic rings. The lowest BCUT2D eigenvalue weighted by Gasteiger charge is -2.04. The highest BCUT2D eigenvalue weighted by Gasteiger charge is 2.11. The first kappa shape index (κ1) is 11.5. The third-order valence-corrected chi connectivity index (χ3v) is 3.88. The van der Waals surface area contributed by atoms with Crippen molar-refractivity contribution in [1.82, 2.24) is 4.98 Å². The van der Waals surface area contributed by atoms with Crippen molar-refractivity contribution in [2.75, 3.05) is 13.2 Å². The van der Waals surface area contributed by atoms with Gasteiger partial charge in [-0.05, 0) is 18.1 Å². The zero-order valence-corrected chi connectivity index (χ0v) is 11.2. The molecule has 1 aromatic heterocycles. The van der Waals surface area contributed by atoms with E-state index in [4.69, 9.17) is 4.74 Å². The van der Waals surface area contributed by atoms with Crippen molar-refractivity contribution in [3.05, 3.63) is 48.0 Å². The van der Waals surface area contributed by atoms with Crippen LogP contribution in [0.5, 0.6) is 0 Å². The van der Waals surface area contributed by atoms with E-state index in [1.165, 1.54) is 27.4 Å². The fourth-order valence-electron chi connectivity index (χ4n) is 2.91. The van der Waals surface area contributed by atoms with Crippen LogP contribution in [0.2, 0.25) is 0 Å². The number of fused-ring (bicyclic) bond motifs is 3. The number of hydrogen-bond acceptors (Lipinski definition) is 2. The topological polar surface area (TPSA) is 37.4 Å². The lowest BCUT2D eigenvalue weighted by Crippen LogP contribution is -2.01. The minimum absolute atomic E-state index is 0.742. The standard InChI is InChI=1S/C17H16N2O/c1-2-7-15-13(5-1)14-6-3-4-12(17(14)19-15)8-9-16-18-10-11-20-16/h1-7,19H,8-11H2. The maximum atomic E-state index is 5.49. The van der Waals surface area contributed by atoms with E-state index in [2.05, 4.69) is 52.4 Å². The number of H-pyrrole nitrogens is 1. The van der Waals surface area contributed by atoms with E-state index in [-0.39, 0.29) is 0 Å². The summed E-state index contributed by atoms with van der Waals surface area (Å²) in [7, 11) is 0. The average Bonchev–Trinajstić information content (AvgIpc) is 3.12. The molecule has 0 fully saturated rings. The molecule has 3 heteroatoms. The van der Waals surface area contributed by atoms with E-state index in [9.17, 15) is 0 Å². The SMILES string of the molecule is c1ccc2c(c1)[nH]c1c(CCC3=NCCO3)cccc12. The molecule has 1 aliphatic heterocycles. The Bertz CT molecular complexity index is 801. The van der Waals surface area contributed by atoms with Crippen molar-refractivity contribution in [2.24, 2.45) is 4.99 Å². The Balaban J connectivity index is 1.75. The van der Waals surface area contributed by atoms with Crippen LogP contribution in [-0.4, -0.2) is 24.0 Å². The highest BCUT2D eigenvalue weighted by molar-refractivity contribution is 6.08. The van der Waals surface area contributed by atoms with Gasteiger partial charge in [-0.3, -0.25) is 4.99 Å². The van der Waals surface area contributed by atoms with Gasteiger partial charge in [-0.1, -0.05) is 36.4 Å². The number of ether oxygens (including phenoxy) is 1. The Morgan fingerprint density at radius 3 is 2.80 bits per heavy atom. The molecule has 0 unspecified atom stereocenters. The lowest BCUT2D eigenvalue weighted by atomic mass is 10.1. The van der Waals surface area contributed by atoms with Gasteiger partial charge in [-0.2, -0.15) is 0 Å². The summed E-state index contributed by atoms with van der Waals surface area (Å²) >= 11 is 0. The van der Waals surface area contributed by atoms with Crippen molar-refractivity contribution in [3.8, 4) is 0 Å². The highest BCUT2D eigenvalue weighted by atomic mass is 16.5. The number of rotatable bonds is 3. The van der Waals surface area contributed by atoms with Gasteiger partial charge < -0.3 is 9.72 Å². The van der Waals surface area contributed by atoms with Gasteiger partial charge in [0.05, 0.1) is 6.54 Å². The number of aryl methyl sites for hydroxylation is 1. The number of hydrogen-bond donors (Lipinski definition) is 1. The van der Waals surface area contributed by atoms with Crippen molar-refractivity contribution < 1.29 is 4.74 Å². The highest BCUT2D eigenvalue weighted by Crippen LogP contribution is 2.28. The minimum Gasteiger partial charge on any atom is -0.479 e. The molecule has 3 nitrogen and oxygen atoms in total. The third-order valence-electron chi connectivity index (χ3n) is 3.88. The molecular weight excluding hydrogens is 248 g/mol. The second-order valence-corrected chi connectivity index (χ2v) is 5.13. The van der Waals surface area contributed by atoms with Crippen LogP contribution in [0, 0.1) is 0 Å². The molecule has 0 spiro atoms. The summed E-state index contributed by atoms with van der Waals surface area (Å²) in [6.45, 7) is 1.55. The first-order valence-electron chi connectivity index (χ1n) is 7.06. The molecule has 0 bridgehead atoms. The average molecular weight is 264 g/mol. The second-order valence-electron chi connectivity index (χ2n) is 5.13. The van der Waals surface area contributed by atoms with Crippen LogP contribution in [-0.2, 0) is 11.2 Å². The van der Waals surface area contributed by atoms with E-state index >= 15 is 0 Å². The van der Waals surface area contributed by atoms with Crippen LogP contribution in [0.25, 0.3) is 21.8 Å². The summed E-state index contributed by atoms with van der Waals surface area (Å²) in [5, 5.41) is 2.59. The Hall–Kier alpha value is -2.29. The van der Waals surface area contributed by atoms with Crippen LogP contribution in [0.1, 0.15) is 12.0 Å². The molecule has 1 N–H and O–H groups in total. The van der Waals surface area contributed by atoms with Crippen molar-refractivity contribution in [2.45, 2.75) is 12.8 Å². The van der Waals surface area contributed by atoms with Crippen LogP contribution in [0.15, 0.2) is 47.5 Å². The molecule has 2 aromatic carbocycles. The zero-order valence-electron chi connectivity index (χ0n) is 11.2. The molecule has 0 radical (unpaired) electrons. The molecule has 0 saturated carbocycles. The maximum Gasteiger partial charge on any atom is 0.183 e.